The molecule has 7 aliphatic rings. The van der Waals surface area contributed by atoms with Crippen LogP contribution in [0.2, 0.25) is 0 Å². The van der Waals surface area contributed by atoms with E-state index in [0.717, 1.165) is 37.7 Å². The first kappa shape index (κ1) is 40.1. The fraction of sp³-hybridized carbons (Fsp3) is 0.923. The number of carbonyl (C=O) groups excluding carboxylic acids is 1. The van der Waals surface area contributed by atoms with Crippen LogP contribution in [0.4, 0.5) is 0 Å². The van der Waals surface area contributed by atoms with Crippen molar-refractivity contribution in [2.24, 2.45) is 40.4 Å². The Morgan fingerprint density at radius 3 is 2.25 bits per heavy atom. The monoisotopic (exact) mass is 754 g/mol. The second kappa shape index (κ2) is 14.7. The molecule has 0 bridgehead atoms. The molecule has 4 unspecified atom stereocenters. The van der Waals surface area contributed by atoms with Crippen molar-refractivity contribution in [2.45, 2.75) is 178 Å². The van der Waals surface area contributed by atoms with E-state index in [1.54, 1.807) is 6.08 Å². The van der Waals surface area contributed by atoms with Crippen LogP contribution in [0.5, 0.6) is 0 Å². The van der Waals surface area contributed by atoms with Crippen LogP contribution in [0.15, 0.2) is 11.6 Å². The van der Waals surface area contributed by atoms with E-state index in [4.69, 9.17) is 23.7 Å². The van der Waals surface area contributed by atoms with Gasteiger partial charge in [0.25, 0.3) is 0 Å². The Morgan fingerprint density at radius 1 is 0.811 bits per heavy atom. The molecule has 3 saturated heterocycles. The molecule has 4 aliphatic carbocycles. The van der Waals surface area contributed by atoms with E-state index < -0.39 is 103 Å². The summed E-state index contributed by atoms with van der Waals surface area (Å²) in [6.07, 6.45) is -7.64. The zero-order valence-electron chi connectivity index (χ0n) is 31.6. The maximum absolute atomic E-state index is 14.2. The van der Waals surface area contributed by atoms with Crippen LogP contribution in [0.1, 0.15) is 92.4 Å². The molecule has 0 radical (unpaired) electrons. The molecule has 302 valence electrons. The number of allylic oxidation sites excluding steroid dienone is 1. The first-order chi connectivity index (χ1) is 24.9. The second-order valence-corrected chi connectivity index (χ2v) is 18.1. The summed E-state index contributed by atoms with van der Waals surface area (Å²) < 4.78 is 29.9. The molecule has 0 spiro atoms. The van der Waals surface area contributed by atoms with Gasteiger partial charge in [-0.05, 0) is 99.5 Å². The molecular weight excluding hydrogens is 692 g/mol. The molecule has 53 heavy (non-hydrogen) atoms. The summed E-state index contributed by atoms with van der Waals surface area (Å²) >= 11 is 0. The Bertz CT molecular complexity index is 1380. The van der Waals surface area contributed by atoms with Crippen molar-refractivity contribution in [3.63, 3.8) is 0 Å². The van der Waals surface area contributed by atoms with Crippen LogP contribution in [0, 0.1) is 40.4 Å². The lowest BCUT2D eigenvalue weighted by atomic mass is 9.46. The molecular formula is C39H62O14. The number of aliphatic hydroxyl groups excluding tert-OH is 7. The first-order valence-corrected chi connectivity index (χ1v) is 19.9. The zero-order chi connectivity index (χ0) is 38.4. The maximum atomic E-state index is 14.2. The Hall–Kier alpha value is -1.11. The van der Waals surface area contributed by atoms with E-state index in [1.807, 2.05) is 6.92 Å². The number of fused-ring (bicyclic) bond motifs is 5. The molecule has 0 amide bonds. The van der Waals surface area contributed by atoms with Crippen LogP contribution in [0.25, 0.3) is 0 Å². The smallest absolute Gasteiger partial charge is 0.187 e. The lowest BCUT2D eigenvalue weighted by Crippen LogP contribution is -2.64. The molecule has 3 saturated carbocycles. The second-order valence-electron chi connectivity index (χ2n) is 18.1. The highest BCUT2D eigenvalue weighted by atomic mass is 16.8. The van der Waals surface area contributed by atoms with E-state index in [-0.39, 0.29) is 35.6 Å². The number of ketones is 1. The van der Waals surface area contributed by atoms with E-state index in [2.05, 4.69) is 20.8 Å². The van der Waals surface area contributed by atoms with Crippen LogP contribution < -0.4 is 0 Å². The SMILES string of the molecule is C[C@@H]([C@H]1CCC2(O)C3=CC(=O)C4C[C@@H](O[C@@H]5O[C@H](CO)[C@@H](O)[C@H](O)[C@H]5O[C@@H]5O[C@@H](C)[C@H](O)[C@@H](O)[C@H]5O)CC[C@]4(C)C3CC[C@]12C)[C@H]1CC[C@H](C)C(O)O1. The lowest BCUT2D eigenvalue weighted by Gasteiger charge is -2.60. The quantitative estimate of drug-likeness (QED) is 0.179. The van der Waals surface area contributed by atoms with Crippen molar-refractivity contribution in [1.29, 1.82) is 0 Å². The first-order valence-electron chi connectivity index (χ1n) is 19.9. The topological polar surface area (TPSA) is 225 Å². The Balaban J connectivity index is 1.08. The van der Waals surface area contributed by atoms with Gasteiger partial charge in [0.15, 0.2) is 24.7 Å². The summed E-state index contributed by atoms with van der Waals surface area (Å²) in [5.74, 6) is -0.0700. The summed E-state index contributed by atoms with van der Waals surface area (Å²) in [7, 11) is 0. The van der Waals surface area contributed by atoms with Gasteiger partial charge >= 0.3 is 0 Å². The van der Waals surface area contributed by atoms with Crippen molar-refractivity contribution in [2.75, 3.05) is 6.61 Å². The minimum absolute atomic E-state index is 0.00154. The van der Waals surface area contributed by atoms with Gasteiger partial charge in [0.1, 0.15) is 42.7 Å². The predicted molar refractivity (Wildman–Crippen MR) is 185 cm³/mol. The summed E-state index contributed by atoms with van der Waals surface area (Å²) in [6, 6.07) is 0. The van der Waals surface area contributed by atoms with Gasteiger partial charge in [-0.1, -0.05) is 27.7 Å². The normalized spacial score (nSPS) is 55.1. The minimum atomic E-state index is -1.68. The molecule has 3 heterocycles. The largest absolute Gasteiger partial charge is 0.394 e. The minimum Gasteiger partial charge on any atom is -0.394 e. The van der Waals surface area contributed by atoms with E-state index in [1.165, 1.54) is 6.92 Å². The molecule has 8 N–H and O–H groups in total. The average Bonchev–Trinajstić information content (AvgIpc) is 3.41. The molecule has 0 aromatic rings. The van der Waals surface area contributed by atoms with E-state index in [0.29, 0.717) is 25.7 Å². The number of carbonyl (C=O) groups is 1. The van der Waals surface area contributed by atoms with Crippen LogP contribution >= 0.6 is 0 Å². The van der Waals surface area contributed by atoms with Crippen molar-refractivity contribution < 1.29 is 69.3 Å². The fourth-order valence-electron chi connectivity index (χ4n) is 11.7. The third-order valence-corrected chi connectivity index (χ3v) is 15.3. The van der Waals surface area contributed by atoms with E-state index in [9.17, 15) is 45.6 Å². The average molecular weight is 755 g/mol. The maximum Gasteiger partial charge on any atom is 0.187 e. The Morgan fingerprint density at radius 2 is 1.55 bits per heavy atom. The summed E-state index contributed by atoms with van der Waals surface area (Å²) in [4.78, 5) is 14.2. The highest BCUT2D eigenvalue weighted by molar-refractivity contribution is 5.95. The molecule has 6 fully saturated rings. The zero-order valence-corrected chi connectivity index (χ0v) is 31.6. The molecule has 14 nitrogen and oxygen atoms in total. The number of hydrogen-bond acceptors (Lipinski definition) is 14. The van der Waals surface area contributed by atoms with E-state index >= 15 is 0 Å². The van der Waals surface area contributed by atoms with Gasteiger partial charge in [-0.2, -0.15) is 0 Å². The Kier molecular flexibility index (Phi) is 11.1. The molecule has 0 aromatic heterocycles. The van der Waals surface area contributed by atoms with Gasteiger partial charge in [0.05, 0.1) is 30.5 Å². The van der Waals surface area contributed by atoms with Gasteiger partial charge in [0.2, 0.25) is 0 Å². The third kappa shape index (κ3) is 6.49. The number of ether oxygens (including phenoxy) is 5. The molecule has 7 rings (SSSR count). The predicted octanol–water partition coefficient (Wildman–Crippen LogP) is 0.666. The van der Waals surface area contributed by atoms with Crippen LogP contribution in [-0.2, 0) is 28.5 Å². The molecule has 14 heteroatoms. The highest BCUT2D eigenvalue weighted by Crippen LogP contribution is 2.68. The van der Waals surface area contributed by atoms with Crippen molar-refractivity contribution >= 4 is 5.78 Å². The van der Waals surface area contributed by atoms with Gasteiger partial charge in [-0.15, -0.1) is 0 Å². The summed E-state index contributed by atoms with van der Waals surface area (Å²) in [5, 5.41) is 86.0. The highest BCUT2D eigenvalue weighted by Gasteiger charge is 2.67. The van der Waals surface area contributed by atoms with Crippen molar-refractivity contribution in [1.82, 2.24) is 0 Å². The molecule has 3 aliphatic heterocycles. The van der Waals surface area contributed by atoms with Crippen molar-refractivity contribution in [3.8, 4) is 0 Å². The fourth-order valence-corrected chi connectivity index (χ4v) is 11.7. The van der Waals surface area contributed by atoms with Gasteiger partial charge in [-0.25, -0.2) is 0 Å². The standard InChI is InChI=1S/C39H62O14/c1-17-6-7-26(51-34(17)47)18(2)21-10-13-39(48)23-15-25(41)24-14-20(8-11-37(24,4)22(23)9-12-38(21,39)5)50-36-33(31(45)29(43)27(16-40)52-36)53-35-32(46)30(44)28(42)19(3)49-35/h15,17-22,24,26-36,40,42-48H,6-14,16H2,1-5H3/t17-,18-,19-,20-,21+,22?,24?,26+,27+,28-,29+,30+,31-,32+,33+,34?,35-,36+,37+,38+,39?/m0/s1. The molecule has 0 aromatic carbocycles. The summed E-state index contributed by atoms with van der Waals surface area (Å²) in [6.45, 7) is 9.39. The summed E-state index contributed by atoms with van der Waals surface area (Å²) in [5.41, 5.74) is -1.16. The number of rotatable bonds is 7. The van der Waals surface area contributed by atoms with Crippen molar-refractivity contribution in [3.05, 3.63) is 11.6 Å². The van der Waals surface area contributed by atoms with Gasteiger partial charge in [0, 0.05) is 17.3 Å². The lowest BCUT2D eigenvalue weighted by molar-refractivity contribution is -0.370. The Labute approximate surface area is 311 Å². The van der Waals surface area contributed by atoms with Crippen LogP contribution in [-0.4, -0.2) is 139 Å². The number of hydrogen-bond donors (Lipinski definition) is 8. The molecule has 21 atom stereocenters. The third-order valence-electron chi connectivity index (χ3n) is 15.3. The number of aliphatic hydroxyl groups is 8. The van der Waals surface area contributed by atoms with Crippen LogP contribution in [0.3, 0.4) is 0 Å². The van der Waals surface area contributed by atoms with Gasteiger partial charge in [-0.3, -0.25) is 4.79 Å². The van der Waals surface area contributed by atoms with Gasteiger partial charge < -0.3 is 64.5 Å².